The second kappa shape index (κ2) is 8.03. The van der Waals surface area contributed by atoms with Gasteiger partial charge in [0.1, 0.15) is 5.69 Å². The van der Waals surface area contributed by atoms with E-state index in [1.54, 1.807) is 9.58 Å². The summed E-state index contributed by atoms with van der Waals surface area (Å²) in [6.07, 6.45) is 3.92. The maximum atomic E-state index is 11.7. The summed E-state index contributed by atoms with van der Waals surface area (Å²) in [5.74, 6) is 7.14. The lowest BCUT2D eigenvalue weighted by molar-refractivity contribution is -0.0332. The first-order valence-corrected chi connectivity index (χ1v) is 9.59. The number of nitrogens with zero attached hydrogens (tertiary/aromatic N) is 4. The number of rotatable bonds is 3. The highest BCUT2D eigenvalue weighted by molar-refractivity contribution is 5.67. The number of methoxy groups -OCH3 is 1. The first-order chi connectivity index (χ1) is 13.6. The van der Waals surface area contributed by atoms with Crippen molar-refractivity contribution < 1.29 is 14.3 Å². The lowest BCUT2D eigenvalue weighted by Gasteiger charge is -2.31. The molecule has 1 aliphatic heterocycles. The summed E-state index contributed by atoms with van der Waals surface area (Å²) in [6.45, 7) is 4.11. The third-order valence-corrected chi connectivity index (χ3v) is 5.00. The summed E-state index contributed by atoms with van der Waals surface area (Å²) in [4.78, 5) is 13.4. The fraction of sp³-hybridized carbons (Fsp3) is 0.476. The van der Waals surface area contributed by atoms with Crippen LogP contribution in [0.2, 0.25) is 0 Å². The molecule has 1 saturated heterocycles. The van der Waals surface area contributed by atoms with E-state index in [2.05, 4.69) is 41.2 Å². The van der Waals surface area contributed by atoms with Gasteiger partial charge in [0.15, 0.2) is 0 Å². The van der Waals surface area contributed by atoms with Gasteiger partial charge in [0.2, 0.25) is 0 Å². The van der Waals surface area contributed by atoms with Crippen molar-refractivity contribution in [1.82, 2.24) is 19.9 Å². The molecule has 0 spiro atoms. The molecule has 7 nitrogen and oxygen atoms in total. The molecular weight excluding hydrogens is 356 g/mol. The van der Waals surface area contributed by atoms with Gasteiger partial charge >= 0.3 is 6.09 Å². The van der Waals surface area contributed by atoms with Gasteiger partial charge in [-0.25, -0.2) is 9.48 Å². The minimum Gasteiger partial charge on any atom is -0.453 e. The largest absolute Gasteiger partial charge is 0.453 e. The van der Waals surface area contributed by atoms with Crippen molar-refractivity contribution in [2.24, 2.45) is 5.92 Å². The molecule has 2 aliphatic rings. The second-order valence-corrected chi connectivity index (χ2v) is 7.31. The molecule has 2 heterocycles. The predicted octanol–water partition coefficient (Wildman–Crippen LogP) is 2.48. The van der Waals surface area contributed by atoms with Gasteiger partial charge in [-0.1, -0.05) is 23.1 Å². The highest BCUT2D eigenvalue weighted by Gasteiger charge is 2.25. The van der Waals surface area contributed by atoms with Crippen molar-refractivity contribution in [1.29, 1.82) is 0 Å². The summed E-state index contributed by atoms with van der Waals surface area (Å²) in [6, 6.07) is 6.19. The van der Waals surface area contributed by atoms with E-state index in [9.17, 15) is 4.79 Å². The van der Waals surface area contributed by atoms with Crippen molar-refractivity contribution in [3.05, 3.63) is 35.5 Å². The Kier molecular flexibility index (Phi) is 5.31. The van der Waals surface area contributed by atoms with Crippen LogP contribution in [-0.2, 0) is 16.0 Å². The van der Waals surface area contributed by atoms with E-state index in [0.29, 0.717) is 32.2 Å². The molecule has 1 atom stereocenters. The zero-order valence-corrected chi connectivity index (χ0v) is 16.2. The average molecular weight is 380 g/mol. The average Bonchev–Trinajstić information content (AvgIpc) is 3.43. The lowest BCUT2D eigenvalue weighted by Crippen LogP contribution is -2.47. The van der Waals surface area contributed by atoms with Crippen molar-refractivity contribution in [2.75, 3.05) is 26.8 Å². The van der Waals surface area contributed by atoms with E-state index in [0.717, 1.165) is 22.4 Å². The Morgan fingerprint density at radius 1 is 1.39 bits per heavy atom. The molecule has 1 saturated carbocycles. The van der Waals surface area contributed by atoms with Crippen LogP contribution >= 0.6 is 0 Å². The molecule has 1 amide bonds. The highest BCUT2D eigenvalue weighted by atomic mass is 16.5. The van der Waals surface area contributed by atoms with Crippen molar-refractivity contribution >= 4 is 6.09 Å². The third kappa shape index (κ3) is 4.34. The van der Waals surface area contributed by atoms with Crippen molar-refractivity contribution in [3.8, 4) is 23.1 Å². The Morgan fingerprint density at radius 3 is 3.00 bits per heavy atom. The van der Waals surface area contributed by atoms with Crippen LogP contribution in [-0.4, -0.2) is 58.9 Å². The molecule has 1 aliphatic carbocycles. The molecule has 7 heteroatoms. The number of amides is 1. The van der Waals surface area contributed by atoms with Crippen LogP contribution in [0.3, 0.4) is 0 Å². The summed E-state index contributed by atoms with van der Waals surface area (Å²) in [5.41, 5.74) is 4.03. The monoisotopic (exact) mass is 380 g/mol. The summed E-state index contributed by atoms with van der Waals surface area (Å²) in [5, 5.41) is 8.55. The third-order valence-electron chi connectivity index (χ3n) is 5.00. The standard InChI is InChI=1S/C21H24N4O3/c1-15-11-17(6-5-16-3-4-16)7-8-19(15)20-14-25(23-22-20)13-18-12-24(9-10-28-18)21(26)27-2/h7-8,11,14,16,18H,3-4,9-10,12-13H2,1-2H3. The maximum absolute atomic E-state index is 11.7. The van der Waals surface area contributed by atoms with E-state index in [4.69, 9.17) is 9.47 Å². The molecule has 146 valence electrons. The van der Waals surface area contributed by atoms with Crippen molar-refractivity contribution in [3.63, 3.8) is 0 Å². The lowest BCUT2D eigenvalue weighted by atomic mass is 10.0. The van der Waals surface area contributed by atoms with Gasteiger partial charge in [0.25, 0.3) is 0 Å². The fourth-order valence-corrected chi connectivity index (χ4v) is 3.29. The zero-order chi connectivity index (χ0) is 19.5. The van der Waals surface area contributed by atoms with Gasteiger partial charge in [-0.2, -0.15) is 0 Å². The number of benzene rings is 1. The van der Waals surface area contributed by atoms with Crippen LogP contribution in [0.1, 0.15) is 24.0 Å². The van der Waals surface area contributed by atoms with Gasteiger partial charge in [0.05, 0.1) is 39.1 Å². The number of morpholine rings is 1. The normalized spacial score (nSPS) is 19.1. The summed E-state index contributed by atoms with van der Waals surface area (Å²) >= 11 is 0. The molecule has 1 unspecified atom stereocenters. The van der Waals surface area contributed by atoms with E-state index in [-0.39, 0.29) is 12.2 Å². The Balaban J connectivity index is 1.43. The van der Waals surface area contributed by atoms with Crippen LogP contribution in [0.4, 0.5) is 4.79 Å². The van der Waals surface area contributed by atoms with Crippen LogP contribution < -0.4 is 0 Å². The van der Waals surface area contributed by atoms with Crippen LogP contribution in [0.25, 0.3) is 11.3 Å². The Hall–Kier alpha value is -2.85. The zero-order valence-electron chi connectivity index (χ0n) is 16.2. The molecular formula is C21H24N4O3. The van der Waals surface area contributed by atoms with Crippen molar-refractivity contribution in [2.45, 2.75) is 32.4 Å². The smallest absolute Gasteiger partial charge is 0.409 e. The number of carbonyl (C=O) groups excluding carboxylic acids is 1. The minimum absolute atomic E-state index is 0.136. The first-order valence-electron chi connectivity index (χ1n) is 9.59. The SMILES string of the molecule is COC(=O)N1CCOC(Cn2cc(-c3ccc(C#CC4CC4)cc3C)nn2)C1. The number of carbonyl (C=O) groups is 1. The highest BCUT2D eigenvalue weighted by Crippen LogP contribution is 2.28. The van der Waals surface area contributed by atoms with Gasteiger partial charge < -0.3 is 14.4 Å². The van der Waals surface area contributed by atoms with Crippen LogP contribution in [0.5, 0.6) is 0 Å². The fourth-order valence-electron chi connectivity index (χ4n) is 3.29. The van der Waals surface area contributed by atoms with E-state index in [1.807, 2.05) is 12.3 Å². The van der Waals surface area contributed by atoms with Crippen LogP contribution in [0.15, 0.2) is 24.4 Å². The Morgan fingerprint density at radius 2 is 2.25 bits per heavy atom. The number of hydrogen-bond donors (Lipinski definition) is 0. The molecule has 28 heavy (non-hydrogen) atoms. The Labute approximate surface area is 164 Å². The molecule has 2 aromatic rings. The van der Waals surface area contributed by atoms with Gasteiger partial charge in [-0.05, 0) is 37.5 Å². The number of hydrogen-bond acceptors (Lipinski definition) is 5. The van der Waals surface area contributed by atoms with E-state index >= 15 is 0 Å². The van der Waals surface area contributed by atoms with Gasteiger partial charge in [0, 0.05) is 23.6 Å². The van der Waals surface area contributed by atoms with Gasteiger partial charge in [-0.15, -0.1) is 5.10 Å². The van der Waals surface area contributed by atoms with E-state index < -0.39 is 0 Å². The quantitative estimate of drug-likeness (QED) is 0.765. The van der Waals surface area contributed by atoms with E-state index in [1.165, 1.54) is 20.0 Å². The molecule has 4 rings (SSSR count). The minimum atomic E-state index is -0.326. The molecule has 1 aromatic carbocycles. The molecule has 2 fully saturated rings. The summed E-state index contributed by atoms with van der Waals surface area (Å²) in [7, 11) is 1.39. The maximum Gasteiger partial charge on any atom is 0.409 e. The van der Waals surface area contributed by atoms with Gasteiger partial charge in [-0.3, -0.25) is 0 Å². The summed E-state index contributed by atoms with van der Waals surface area (Å²) < 4.78 is 12.3. The number of aryl methyl sites for hydroxylation is 1. The topological polar surface area (TPSA) is 69.5 Å². The first kappa shape index (κ1) is 18.5. The predicted molar refractivity (Wildman–Crippen MR) is 104 cm³/mol. The second-order valence-electron chi connectivity index (χ2n) is 7.31. The molecule has 1 aromatic heterocycles. The molecule has 0 N–H and O–H groups in total. The number of aromatic nitrogens is 3. The number of ether oxygens (including phenoxy) is 2. The van der Waals surface area contributed by atoms with Crippen LogP contribution in [0, 0.1) is 24.7 Å². The molecule has 0 bridgehead atoms. The molecule has 0 radical (unpaired) electrons. The Bertz CT molecular complexity index is 923.